The lowest BCUT2D eigenvalue weighted by molar-refractivity contribution is 0.474. The Morgan fingerprint density at radius 1 is 1.05 bits per heavy atom. The van der Waals surface area contributed by atoms with E-state index < -0.39 is 0 Å². The van der Waals surface area contributed by atoms with Crippen molar-refractivity contribution in [3.8, 4) is 5.75 Å². The van der Waals surface area contributed by atoms with Crippen LogP contribution in [0.3, 0.4) is 0 Å². The number of rotatable bonds is 2. The molecule has 21 heavy (non-hydrogen) atoms. The quantitative estimate of drug-likeness (QED) is 0.709. The fraction of sp³-hybridized carbons (Fsp3) is 0.111. The molecule has 1 N–H and O–H groups in total. The van der Waals surface area contributed by atoms with Crippen LogP contribution in [-0.4, -0.2) is 16.3 Å². The Labute approximate surface area is 123 Å². The Morgan fingerprint density at radius 3 is 2.67 bits per heavy atom. The molecule has 3 nitrogen and oxygen atoms in total. The topological polar surface area (TPSA) is 45.5 Å². The van der Waals surface area contributed by atoms with E-state index in [4.69, 9.17) is 0 Å². The summed E-state index contributed by atoms with van der Waals surface area (Å²) in [6.07, 6.45) is 1.67. The van der Waals surface area contributed by atoms with Crippen molar-refractivity contribution < 1.29 is 5.11 Å². The van der Waals surface area contributed by atoms with Crippen LogP contribution in [0.15, 0.2) is 53.5 Å². The van der Waals surface area contributed by atoms with Crippen molar-refractivity contribution in [2.24, 2.45) is 4.99 Å². The number of hydrogen-bond acceptors (Lipinski definition) is 3. The van der Waals surface area contributed by atoms with Gasteiger partial charge in [-0.05, 0) is 49.7 Å². The van der Waals surface area contributed by atoms with Crippen LogP contribution in [-0.2, 0) is 0 Å². The molecule has 0 atom stereocenters. The molecule has 104 valence electrons. The molecule has 1 aromatic heterocycles. The summed E-state index contributed by atoms with van der Waals surface area (Å²) in [6.45, 7) is 4.08. The number of nitrogens with zero attached hydrogens (tertiary/aromatic N) is 2. The average Bonchev–Trinajstić information content (AvgIpc) is 2.46. The van der Waals surface area contributed by atoms with Gasteiger partial charge in [0.15, 0.2) is 0 Å². The summed E-state index contributed by atoms with van der Waals surface area (Å²) in [4.78, 5) is 8.97. The van der Waals surface area contributed by atoms with E-state index in [-0.39, 0.29) is 5.75 Å². The highest BCUT2D eigenvalue weighted by Crippen LogP contribution is 2.23. The second kappa shape index (κ2) is 5.37. The lowest BCUT2D eigenvalue weighted by atomic mass is 10.1. The number of pyridine rings is 1. The summed E-state index contributed by atoms with van der Waals surface area (Å²) < 4.78 is 0. The monoisotopic (exact) mass is 276 g/mol. The largest absolute Gasteiger partial charge is 0.507 e. The van der Waals surface area contributed by atoms with Crippen LogP contribution in [0.5, 0.6) is 5.75 Å². The van der Waals surface area contributed by atoms with E-state index in [2.05, 4.69) is 23.0 Å². The van der Waals surface area contributed by atoms with Gasteiger partial charge in [0, 0.05) is 22.9 Å². The SMILES string of the molecule is Cc1cc(C)c2ccc(N=Cc3ccccc3O)cc2n1. The highest BCUT2D eigenvalue weighted by Gasteiger charge is 2.02. The Kier molecular flexibility index (Phi) is 3.40. The molecule has 0 fully saturated rings. The lowest BCUT2D eigenvalue weighted by Gasteiger charge is -2.04. The summed E-state index contributed by atoms with van der Waals surface area (Å²) in [7, 11) is 0. The van der Waals surface area contributed by atoms with Crippen LogP contribution >= 0.6 is 0 Å². The third kappa shape index (κ3) is 2.77. The molecule has 1 heterocycles. The number of fused-ring (bicyclic) bond motifs is 1. The van der Waals surface area contributed by atoms with Gasteiger partial charge in [-0.3, -0.25) is 9.98 Å². The van der Waals surface area contributed by atoms with E-state index in [9.17, 15) is 5.11 Å². The zero-order chi connectivity index (χ0) is 14.8. The Morgan fingerprint density at radius 2 is 1.86 bits per heavy atom. The zero-order valence-corrected chi connectivity index (χ0v) is 12.0. The van der Waals surface area contributed by atoms with Gasteiger partial charge in [-0.2, -0.15) is 0 Å². The van der Waals surface area contributed by atoms with Gasteiger partial charge >= 0.3 is 0 Å². The second-order valence-corrected chi connectivity index (χ2v) is 5.10. The van der Waals surface area contributed by atoms with E-state index in [0.29, 0.717) is 5.56 Å². The molecule has 2 aromatic carbocycles. The number of phenolic OH excluding ortho intramolecular Hbond substituents is 1. The van der Waals surface area contributed by atoms with Crippen LogP contribution < -0.4 is 0 Å². The standard InChI is InChI=1S/C18H16N2O/c1-12-9-13(2)20-17-10-15(7-8-16(12)17)19-11-14-5-3-4-6-18(14)21/h3-11,21H,1-2H3. The van der Waals surface area contributed by atoms with Gasteiger partial charge in [0.2, 0.25) is 0 Å². The summed E-state index contributed by atoms with van der Waals surface area (Å²) in [6, 6.07) is 15.2. The van der Waals surface area contributed by atoms with E-state index in [0.717, 1.165) is 22.3 Å². The number of aromatic nitrogens is 1. The van der Waals surface area contributed by atoms with Crippen LogP contribution in [0.25, 0.3) is 10.9 Å². The number of hydrogen-bond donors (Lipinski definition) is 1. The highest BCUT2D eigenvalue weighted by atomic mass is 16.3. The van der Waals surface area contributed by atoms with Crippen molar-refractivity contribution in [1.82, 2.24) is 4.98 Å². The molecule has 0 aliphatic carbocycles. The number of phenols is 1. The molecule has 0 radical (unpaired) electrons. The first-order valence-corrected chi connectivity index (χ1v) is 6.83. The zero-order valence-electron chi connectivity index (χ0n) is 12.0. The van der Waals surface area contributed by atoms with Gasteiger partial charge in [-0.15, -0.1) is 0 Å². The lowest BCUT2D eigenvalue weighted by Crippen LogP contribution is -1.87. The molecule has 3 heteroatoms. The van der Waals surface area contributed by atoms with Crippen LogP contribution in [0.1, 0.15) is 16.8 Å². The Balaban J connectivity index is 2.00. The molecule has 0 aliphatic rings. The molecular formula is C18H16N2O. The molecule has 0 bridgehead atoms. The third-order valence-electron chi connectivity index (χ3n) is 3.42. The maximum absolute atomic E-state index is 9.73. The van der Waals surface area contributed by atoms with Gasteiger partial charge in [0.05, 0.1) is 11.2 Å². The van der Waals surface area contributed by atoms with Crippen LogP contribution in [0, 0.1) is 13.8 Å². The van der Waals surface area contributed by atoms with E-state index >= 15 is 0 Å². The number of para-hydroxylation sites is 1. The van der Waals surface area contributed by atoms with Gasteiger partial charge in [-0.1, -0.05) is 18.2 Å². The fourth-order valence-corrected chi connectivity index (χ4v) is 2.38. The number of aryl methyl sites for hydroxylation is 2. The highest BCUT2D eigenvalue weighted by molar-refractivity contribution is 5.88. The maximum Gasteiger partial charge on any atom is 0.124 e. The predicted molar refractivity (Wildman–Crippen MR) is 86.6 cm³/mol. The molecule has 0 amide bonds. The van der Waals surface area contributed by atoms with Gasteiger partial charge in [0.25, 0.3) is 0 Å². The first kappa shape index (κ1) is 13.3. The van der Waals surface area contributed by atoms with Crippen molar-refractivity contribution in [2.75, 3.05) is 0 Å². The van der Waals surface area contributed by atoms with Crippen molar-refractivity contribution in [2.45, 2.75) is 13.8 Å². The van der Waals surface area contributed by atoms with Gasteiger partial charge < -0.3 is 5.11 Å². The fourth-order valence-electron chi connectivity index (χ4n) is 2.38. The smallest absolute Gasteiger partial charge is 0.124 e. The Bertz CT molecular complexity index is 838. The second-order valence-electron chi connectivity index (χ2n) is 5.10. The maximum atomic E-state index is 9.73. The molecule has 0 unspecified atom stereocenters. The van der Waals surface area contributed by atoms with E-state index in [1.165, 1.54) is 5.56 Å². The van der Waals surface area contributed by atoms with E-state index in [1.54, 1.807) is 18.3 Å². The molecular weight excluding hydrogens is 260 g/mol. The van der Waals surface area contributed by atoms with Crippen molar-refractivity contribution >= 4 is 22.8 Å². The third-order valence-corrected chi connectivity index (χ3v) is 3.42. The minimum atomic E-state index is 0.229. The minimum absolute atomic E-state index is 0.229. The van der Waals surface area contributed by atoms with Gasteiger partial charge in [0.1, 0.15) is 5.75 Å². The van der Waals surface area contributed by atoms with Crippen LogP contribution in [0.4, 0.5) is 5.69 Å². The average molecular weight is 276 g/mol. The molecule has 0 saturated heterocycles. The van der Waals surface area contributed by atoms with Crippen molar-refractivity contribution in [3.63, 3.8) is 0 Å². The van der Waals surface area contributed by atoms with Gasteiger partial charge in [-0.25, -0.2) is 0 Å². The summed E-state index contributed by atoms with van der Waals surface area (Å²) in [5.74, 6) is 0.229. The number of benzene rings is 2. The van der Waals surface area contributed by atoms with Crippen molar-refractivity contribution in [1.29, 1.82) is 0 Å². The number of aliphatic imine (C=N–C) groups is 1. The van der Waals surface area contributed by atoms with E-state index in [1.807, 2.05) is 37.3 Å². The first-order chi connectivity index (χ1) is 10.1. The summed E-state index contributed by atoms with van der Waals surface area (Å²) >= 11 is 0. The predicted octanol–water partition coefficient (Wildman–Crippen LogP) is 4.31. The van der Waals surface area contributed by atoms with Crippen LogP contribution in [0.2, 0.25) is 0 Å². The molecule has 3 aromatic rings. The molecule has 0 saturated carbocycles. The molecule has 3 rings (SSSR count). The summed E-state index contributed by atoms with van der Waals surface area (Å²) in [5, 5.41) is 10.9. The molecule has 0 aliphatic heterocycles. The molecule has 0 spiro atoms. The minimum Gasteiger partial charge on any atom is -0.507 e. The normalized spacial score (nSPS) is 11.3. The summed E-state index contributed by atoms with van der Waals surface area (Å²) in [5.41, 5.74) is 4.68. The Hall–Kier alpha value is -2.68. The van der Waals surface area contributed by atoms with Crippen molar-refractivity contribution in [3.05, 3.63) is 65.4 Å². The number of aromatic hydroxyl groups is 1. The first-order valence-electron chi connectivity index (χ1n) is 6.83.